The van der Waals surface area contributed by atoms with Crippen LogP contribution in [0.25, 0.3) is 11.1 Å². The van der Waals surface area contributed by atoms with Crippen molar-refractivity contribution in [2.24, 2.45) is 0 Å². The van der Waals surface area contributed by atoms with Crippen molar-refractivity contribution >= 4 is 0 Å². The molecule has 3 aromatic rings. The second-order valence-electron chi connectivity index (χ2n) is 5.90. The van der Waals surface area contributed by atoms with Crippen LogP contribution in [0.4, 0.5) is 4.39 Å². The van der Waals surface area contributed by atoms with Crippen molar-refractivity contribution in [2.75, 3.05) is 0 Å². The van der Waals surface area contributed by atoms with Gasteiger partial charge in [0.15, 0.2) is 0 Å². The molecule has 0 radical (unpaired) electrons. The average Bonchev–Trinajstić information content (AvgIpc) is 2.65. The summed E-state index contributed by atoms with van der Waals surface area (Å²) in [6, 6.07) is 23.3. The van der Waals surface area contributed by atoms with Gasteiger partial charge in [0.25, 0.3) is 0 Å². The van der Waals surface area contributed by atoms with Crippen LogP contribution in [0.3, 0.4) is 0 Å². The van der Waals surface area contributed by atoms with Crippen molar-refractivity contribution in [3.8, 4) is 28.4 Å². The van der Waals surface area contributed by atoms with Gasteiger partial charge in [0.05, 0.1) is 0 Å². The zero-order valence-corrected chi connectivity index (χ0v) is 14.4. The molecule has 3 heteroatoms. The fourth-order valence-corrected chi connectivity index (χ4v) is 2.41. The van der Waals surface area contributed by atoms with E-state index >= 15 is 0 Å². The monoisotopic (exact) mass is 336 g/mol. The molecule has 0 aliphatic heterocycles. The summed E-state index contributed by atoms with van der Waals surface area (Å²) in [7, 11) is 0. The fraction of sp³-hybridized carbons (Fsp3) is 0.182. The highest BCUT2D eigenvalue weighted by Gasteiger charge is 2.05. The van der Waals surface area contributed by atoms with Gasteiger partial charge in [-0.1, -0.05) is 48.9 Å². The smallest absolute Gasteiger partial charge is 0.238 e. The van der Waals surface area contributed by atoms with E-state index in [0.717, 1.165) is 22.6 Å². The molecule has 0 fully saturated rings. The van der Waals surface area contributed by atoms with Crippen molar-refractivity contribution in [3.05, 3.63) is 78.4 Å². The molecular formula is C22H21FO2. The summed E-state index contributed by atoms with van der Waals surface area (Å²) < 4.78 is 24.2. The number of hydrogen-bond acceptors (Lipinski definition) is 2. The van der Waals surface area contributed by atoms with E-state index in [9.17, 15) is 4.39 Å². The normalized spacial score (nSPS) is 11.8. The molecule has 0 saturated carbocycles. The topological polar surface area (TPSA) is 18.5 Å². The molecule has 0 aliphatic carbocycles. The molecule has 0 N–H and O–H groups in total. The lowest BCUT2D eigenvalue weighted by Gasteiger charge is -2.10. The zero-order chi connectivity index (χ0) is 17.6. The summed E-state index contributed by atoms with van der Waals surface area (Å²) in [5.74, 6) is 2.14. The highest BCUT2D eigenvalue weighted by atomic mass is 19.1. The van der Waals surface area contributed by atoms with E-state index in [4.69, 9.17) is 9.47 Å². The van der Waals surface area contributed by atoms with Gasteiger partial charge in [0.1, 0.15) is 17.2 Å². The van der Waals surface area contributed by atoms with Crippen molar-refractivity contribution < 1.29 is 13.9 Å². The molecule has 25 heavy (non-hydrogen) atoms. The van der Waals surface area contributed by atoms with Crippen molar-refractivity contribution in [2.45, 2.75) is 26.6 Å². The van der Waals surface area contributed by atoms with E-state index in [1.807, 2.05) is 67.6 Å². The third kappa shape index (κ3) is 4.60. The molecule has 1 unspecified atom stereocenters. The molecule has 1 atom stereocenters. The maximum atomic E-state index is 13.3. The van der Waals surface area contributed by atoms with Crippen LogP contribution in [-0.4, -0.2) is 6.36 Å². The summed E-state index contributed by atoms with van der Waals surface area (Å²) in [6.07, 6.45) is -0.923. The van der Waals surface area contributed by atoms with Gasteiger partial charge in [-0.05, 0) is 54.4 Å². The molecule has 0 bridgehead atoms. The van der Waals surface area contributed by atoms with Gasteiger partial charge in [-0.3, -0.25) is 0 Å². The first-order chi connectivity index (χ1) is 12.1. The molecule has 0 saturated heterocycles. The van der Waals surface area contributed by atoms with Gasteiger partial charge in [0, 0.05) is 6.42 Å². The maximum absolute atomic E-state index is 13.3. The summed E-state index contributed by atoms with van der Waals surface area (Å²) in [6.45, 7) is 3.80. The Morgan fingerprint density at radius 2 is 1.16 bits per heavy atom. The molecule has 3 rings (SSSR count). The zero-order valence-electron chi connectivity index (χ0n) is 14.4. The summed E-state index contributed by atoms with van der Waals surface area (Å²) in [4.78, 5) is 0. The first kappa shape index (κ1) is 17.0. The Hall–Kier alpha value is -2.81. The Labute approximate surface area is 147 Å². The Morgan fingerprint density at radius 3 is 1.64 bits per heavy atom. The van der Waals surface area contributed by atoms with Crippen LogP contribution >= 0.6 is 0 Å². The molecule has 128 valence electrons. The van der Waals surface area contributed by atoms with E-state index in [1.165, 1.54) is 5.56 Å². The lowest BCUT2D eigenvalue weighted by atomic mass is 10.1. The van der Waals surface area contributed by atoms with Crippen molar-refractivity contribution in [3.63, 3.8) is 0 Å². The minimum absolute atomic E-state index is 0.337. The lowest BCUT2D eigenvalue weighted by molar-refractivity contribution is 0.0642. The van der Waals surface area contributed by atoms with Crippen LogP contribution < -0.4 is 9.47 Å². The van der Waals surface area contributed by atoms with Crippen LogP contribution in [0.15, 0.2) is 72.8 Å². The lowest BCUT2D eigenvalue weighted by Crippen LogP contribution is -2.07. The summed E-state index contributed by atoms with van der Waals surface area (Å²) in [5, 5.41) is 0. The third-order valence-corrected chi connectivity index (χ3v) is 3.88. The quantitative estimate of drug-likeness (QED) is 0.509. The van der Waals surface area contributed by atoms with Crippen LogP contribution in [0, 0.1) is 6.92 Å². The molecule has 0 spiro atoms. The number of hydrogen-bond donors (Lipinski definition) is 0. The first-order valence-corrected chi connectivity index (χ1v) is 8.40. The Kier molecular flexibility index (Phi) is 5.34. The molecule has 0 heterocycles. The van der Waals surface area contributed by atoms with E-state index in [1.54, 1.807) is 19.1 Å². The number of rotatable bonds is 6. The Morgan fingerprint density at radius 1 is 0.720 bits per heavy atom. The number of alkyl halides is 1. The third-order valence-electron chi connectivity index (χ3n) is 3.88. The van der Waals surface area contributed by atoms with Crippen molar-refractivity contribution in [1.82, 2.24) is 0 Å². The van der Waals surface area contributed by atoms with E-state index in [2.05, 4.69) is 0 Å². The first-order valence-electron chi connectivity index (χ1n) is 8.40. The Balaban J connectivity index is 1.68. The molecule has 0 amide bonds. The van der Waals surface area contributed by atoms with E-state index < -0.39 is 6.36 Å². The van der Waals surface area contributed by atoms with Crippen LogP contribution in [0.2, 0.25) is 0 Å². The van der Waals surface area contributed by atoms with Crippen LogP contribution in [-0.2, 0) is 0 Å². The second kappa shape index (κ2) is 7.84. The van der Waals surface area contributed by atoms with Gasteiger partial charge in [-0.2, -0.15) is 0 Å². The number of benzene rings is 3. The van der Waals surface area contributed by atoms with Gasteiger partial charge in [-0.15, -0.1) is 0 Å². The molecular weight excluding hydrogens is 315 g/mol. The Bertz CT molecular complexity index is 793. The second-order valence-corrected chi connectivity index (χ2v) is 5.90. The largest absolute Gasteiger partial charge is 0.460 e. The highest BCUT2D eigenvalue weighted by molar-refractivity contribution is 5.65. The van der Waals surface area contributed by atoms with Crippen LogP contribution in [0.1, 0.15) is 18.9 Å². The maximum Gasteiger partial charge on any atom is 0.238 e. The molecule has 0 aliphatic rings. The minimum Gasteiger partial charge on any atom is -0.460 e. The van der Waals surface area contributed by atoms with Gasteiger partial charge >= 0.3 is 0 Å². The van der Waals surface area contributed by atoms with E-state index in [0.29, 0.717) is 12.2 Å². The molecule has 2 nitrogen and oxygen atoms in total. The van der Waals surface area contributed by atoms with Gasteiger partial charge < -0.3 is 9.47 Å². The highest BCUT2D eigenvalue weighted by Crippen LogP contribution is 2.27. The average molecular weight is 336 g/mol. The minimum atomic E-state index is -1.26. The fourth-order valence-electron chi connectivity index (χ4n) is 2.41. The number of aryl methyl sites for hydroxylation is 1. The summed E-state index contributed by atoms with van der Waals surface area (Å²) in [5.41, 5.74) is 3.31. The SMILES string of the molecule is CCC(F)Oc1ccc(-c2ccc(Oc3ccc(C)cc3)cc2)cc1. The number of halogens is 1. The van der Waals surface area contributed by atoms with E-state index in [-0.39, 0.29) is 0 Å². The number of ether oxygens (including phenoxy) is 2. The van der Waals surface area contributed by atoms with Crippen LogP contribution in [0.5, 0.6) is 17.2 Å². The van der Waals surface area contributed by atoms with Gasteiger partial charge in [-0.25, -0.2) is 4.39 Å². The predicted octanol–water partition coefficient (Wildman–Crippen LogP) is 6.54. The van der Waals surface area contributed by atoms with Gasteiger partial charge in [0.2, 0.25) is 6.36 Å². The summed E-state index contributed by atoms with van der Waals surface area (Å²) >= 11 is 0. The van der Waals surface area contributed by atoms with Crippen molar-refractivity contribution in [1.29, 1.82) is 0 Å². The standard InChI is InChI=1S/C22H21FO2/c1-3-22(23)25-21-14-8-18(9-15-21)17-6-12-20(13-7-17)24-19-10-4-16(2)5-11-19/h4-15,22H,3H2,1-2H3. The molecule has 0 aromatic heterocycles. The molecule has 3 aromatic carbocycles. The predicted molar refractivity (Wildman–Crippen MR) is 98.9 cm³/mol.